The van der Waals surface area contributed by atoms with Crippen LogP contribution in [0.5, 0.6) is 0 Å². The van der Waals surface area contributed by atoms with Crippen LogP contribution in [-0.4, -0.2) is 66.2 Å². The van der Waals surface area contributed by atoms with Crippen molar-refractivity contribution in [2.45, 2.75) is 18.6 Å². The predicted molar refractivity (Wildman–Crippen MR) is 82.2 cm³/mol. The molecular formula is C17H17FN2O5. The highest BCUT2D eigenvalue weighted by molar-refractivity contribution is 6.22. The molecule has 25 heavy (non-hydrogen) atoms. The lowest BCUT2D eigenvalue weighted by atomic mass is 10.0. The molecule has 2 fully saturated rings. The van der Waals surface area contributed by atoms with E-state index in [-0.39, 0.29) is 23.6 Å². The Balaban J connectivity index is 1.43. The number of imide groups is 1. The Labute approximate surface area is 143 Å². The van der Waals surface area contributed by atoms with Gasteiger partial charge in [-0.2, -0.15) is 0 Å². The lowest BCUT2D eigenvalue weighted by Gasteiger charge is -2.37. The fraction of sp³-hybridized carbons (Fsp3) is 0.471. The van der Waals surface area contributed by atoms with Crippen molar-refractivity contribution in [1.82, 2.24) is 9.80 Å². The van der Waals surface area contributed by atoms with Gasteiger partial charge in [-0.3, -0.25) is 19.3 Å². The van der Waals surface area contributed by atoms with Crippen LogP contribution in [-0.2, 0) is 14.3 Å². The number of carbonyl (C=O) groups is 3. The summed E-state index contributed by atoms with van der Waals surface area (Å²) in [6.07, 6.45) is 1.10. The number of piperidine rings is 1. The van der Waals surface area contributed by atoms with Crippen LogP contribution in [0.3, 0.4) is 0 Å². The summed E-state index contributed by atoms with van der Waals surface area (Å²) in [5, 5.41) is 0. The molecule has 3 aliphatic heterocycles. The molecule has 1 aromatic rings. The van der Waals surface area contributed by atoms with Crippen LogP contribution in [0.2, 0.25) is 0 Å². The topological polar surface area (TPSA) is 76.2 Å². The number of ether oxygens (including phenoxy) is 2. The van der Waals surface area contributed by atoms with Crippen LogP contribution in [0.1, 0.15) is 33.6 Å². The van der Waals surface area contributed by atoms with Gasteiger partial charge in [0.1, 0.15) is 12.4 Å². The quantitative estimate of drug-likeness (QED) is 0.739. The van der Waals surface area contributed by atoms with Crippen LogP contribution >= 0.6 is 0 Å². The summed E-state index contributed by atoms with van der Waals surface area (Å²) in [7, 11) is 0. The number of hydrogen-bond acceptors (Lipinski definition) is 5. The standard InChI is InChI=1S/C17H17FN2O5/c18-12-3-1-2-11-14(12)16(23)20(15(11)22)10-13(21)19-6-4-17(5-7-19)24-8-9-25-17/h1-3H,4-10H2. The van der Waals surface area contributed by atoms with Gasteiger partial charge in [0.05, 0.1) is 24.3 Å². The van der Waals surface area contributed by atoms with Crippen molar-refractivity contribution < 1.29 is 28.2 Å². The number of halogens is 1. The minimum Gasteiger partial charge on any atom is -0.347 e. The Morgan fingerprint density at radius 1 is 1.12 bits per heavy atom. The van der Waals surface area contributed by atoms with Crippen LogP contribution in [0, 0.1) is 5.82 Å². The largest absolute Gasteiger partial charge is 0.347 e. The highest BCUT2D eigenvalue weighted by Gasteiger charge is 2.43. The van der Waals surface area contributed by atoms with Gasteiger partial charge in [0.15, 0.2) is 5.79 Å². The molecule has 0 saturated carbocycles. The van der Waals surface area contributed by atoms with Gasteiger partial charge in [-0.1, -0.05) is 6.07 Å². The zero-order valence-corrected chi connectivity index (χ0v) is 13.5. The van der Waals surface area contributed by atoms with Crippen molar-refractivity contribution in [3.05, 3.63) is 35.1 Å². The molecule has 0 aromatic heterocycles. The fourth-order valence-electron chi connectivity index (χ4n) is 3.55. The van der Waals surface area contributed by atoms with Crippen LogP contribution in [0.15, 0.2) is 18.2 Å². The lowest BCUT2D eigenvalue weighted by Crippen LogP contribution is -2.50. The second-order valence-corrected chi connectivity index (χ2v) is 6.35. The molecule has 0 radical (unpaired) electrons. The van der Waals surface area contributed by atoms with E-state index in [1.54, 1.807) is 4.90 Å². The van der Waals surface area contributed by atoms with E-state index in [1.165, 1.54) is 12.1 Å². The van der Waals surface area contributed by atoms with E-state index in [0.29, 0.717) is 39.1 Å². The molecule has 4 rings (SSSR count). The molecule has 0 unspecified atom stereocenters. The second kappa shape index (κ2) is 5.89. The van der Waals surface area contributed by atoms with Crippen LogP contribution in [0.25, 0.3) is 0 Å². The third-order valence-corrected chi connectivity index (χ3v) is 4.93. The summed E-state index contributed by atoms with van der Waals surface area (Å²) >= 11 is 0. The summed E-state index contributed by atoms with van der Waals surface area (Å²) in [6, 6.07) is 3.89. The average Bonchev–Trinajstić information content (AvgIpc) is 3.15. The Morgan fingerprint density at radius 3 is 2.44 bits per heavy atom. The number of hydrogen-bond donors (Lipinski definition) is 0. The third-order valence-electron chi connectivity index (χ3n) is 4.93. The fourth-order valence-corrected chi connectivity index (χ4v) is 3.55. The molecule has 0 bridgehead atoms. The average molecular weight is 348 g/mol. The number of amides is 3. The monoisotopic (exact) mass is 348 g/mol. The number of fused-ring (bicyclic) bond motifs is 1. The van der Waals surface area contributed by atoms with E-state index in [4.69, 9.17) is 9.47 Å². The normalized spacial score (nSPS) is 22.0. The van der Waals surface area contributed by atoms with Crippen molar-refractivity contribution >= 4 is 17.7 Å². The Morgan fingerprint density at radius 2 is 1.80 bits per heavy atom. The molecular weight excluding hydrogens is 331 g/mol. The molecule has 132 valence electrons. The maximum absolute atomic E-state index is 13.8. The van der Waals surface area contributed by atoms with Crippen LogP contribution in [0.4, 0.5) is 4.39 Å². The second-order valence-electron chi connectivity index (χ2n) is 6.35. The van der Waals surface area contributed by atoms with Gasteiger partial charge in [-0.25, -0.2) is 4.39 Å². The minimum absolute atomic E-state index is 0.00292. The smallest absolute Gasteiger partial charge is 0.265 e. The SMILES string of the molecule is O=C(CN1C(=O)c2cccc(F)c2C1=O)N1CCC2(CC1)OCCO2. The van der Waals surface area contributed by atoms with E-state index in [9.17, 15) is 18.8 Å². The molecule has 7 nitrogen and oxygen atoms in total. The predicted octanol–water partition coefficient (Wildman–Crippen LogP) is 0.787. The highest BCUT2D eigenvalue weighted by atomic mass is 19.1. The molecule has 3 heterocycles. The molecule has 0 N–H and O–H groups in total. The lowest BCUT2D eigenvalue weighted by molar-refractivity contribution is -0.187. The zero-order valence-electron chi connectivity index (χ0n) is 13.5. The zero-order chi connectivity index (χ0) is 17.6. The molecule has 1 spiro atoms. The molecule has 0 aliphatic carbocycles. The van der Waals surface area contributed by atoms with Crippen molar-refractivity contribution in [1.29, 1.82) is 0 Å². The van der Waals surface area contributed by atoms with E-state index < -0.39 is 23.4 Å². The number of carbonyl (C=O) groups excluding carboxylic acids is 3. The first-order valence-electron chi connectivity index (χ1n) is 8.21. The van der Waals surface area contributed by atoms with E-state index in [2.05, 4.69) is 0 Å². The van der Waals surface area contributed by atoms with Crippen molar-refractivity contribution in [3.63, 3.8) is 0 Å². The van der Waals surface area contributed by atoms with Crippen molar-refractivity contribution in [3.8, 4) is 0 Å². The molecule has 2 saturated heterocycles. The summed E-state index contributed by atoms with van der Waals surface area (Å²) in [5.74, 6) is -3.09. The molecule has 3 aliphatic rings. The number of rotatable bonds is 2. The van der Waals surface area contributed by atoms with Gasteiger partial charge in [0.25, 0.3) is 11.8 Å². The maximum Gasteiger partial charge on any atom is 0.265 e. The molecule has 8 heteroatoms. The number of nitrogens with zero attached hydrogens (tertiary/aromatic N) is 2. The Hall–Kier alpha value is -2.32. The van der Waals surface area contributed by atoms with Gasteiger partial charge >= 0.3 is 0 Å². The highest BCUT2D eigenvalue weighted by Crippen LogP contribution is 2.31. The molecule has 1 aromatic carbocycles. The summed E-state index contributed by atoms with van der Waals surface area (Å²) < 4.78 is 25.1. The van der Waals surface area contributed by atoms with Crippen molar-refractivity contribution in [2.75, 3.05) is 32.8 Å². The van der Waals surface area contributed by atoms with Gasteiger partial charge in [-0.05, 0) is 12.1 Å². The first-order valence-corrected chi connectivity index (χ1v) is 8.21. The minimum atomic E-state index is -0.762. The van der Waals surface area contributed by atoms with E-state index >= 15 is 0 Å². The first kappa shape index (κ1) is 16.2. The molecule has 0 atom stereocenters. The first-order chi connectivity index (χ1) is 12.0. The van der Waals surface area contributed by atoms with Gasteiger partial charge in [0, 0.05) is 25.9 Å². The van der Waals surface area contributed by atoms with Crippen molar-refractivity contribution in [2.24, 2.45) is 0 Å². The van der Waals surface area contributed by atoms with E-state index in [1.807, 2.05) is 0 Å². The number of likely N-dealkylation sites (tertiary alicyclic amines) is 1. The maximum atomic E-state index is 13.8. The summed E-state index contributed by atoms with van der Waals surface area (Å²) in [4.78, 5) is 39.5. The number of benzene rings is 1. The summed E-state index contributed by atoms with van der Waals surface area (Å²) in [6.45, 7) is 1.57. The summed E-state index contributed by atoms with van der Waals surface area (Å²) in [5.41, 5.74) is -0.256. The van der Waals surface area contributed by atoms with E-state index in [0.717, 1.165) is 11.0 Å². The molecule has 3 amide bonds. The third kappa shape index (κ3) is 2.61. The Bertz CT molecular complexity index is 749. The van der Waals surface area contributed by atoms with Gasteiger partial charge < -0.3 is 14.4 Å². The van der Waals surface area contributed by atoms with Crippen LogP contribution < -0.4 is 0 Å². The van der Waals surface area contributed by atoms with Gasteiger partial charge in [-0.15, -0.1) is 0 Å². The Kier molecular flexibility index (Phi) is 3.81. The van der Waals surface area contributed by atoms with Gasteiger partial charge in [0.2, 0.25) is 5.91 Å².